The second-order valence-corrected chi connectivity index (χ2v) is 6.53. The minimum absolute atomic E-state index is 0.320. The van der Waals surface area contributed by atoms with Crippen molar-refractivity contribution < 1.29 is 8.42 Å². The number of hydrogen-bond donors (Lipinski definition) is 2. The van der Waals surface area contributed by atoms with Crippen LogP contribution in [0, 0.1) is 13.8 Å². The van der Waals surface area contributed by atoms with Gasteiger partial charge in [0.2, 0.25) is 10.0 Å². The number of nitrogens with zero attached hydrogens (tertiary/aromatic N) is 2. The molecule has 0 aliphatic heterocycles. The Bertz CT molecular complexity index is 523. The summed E-state index contributed by atoms with van der Waals surface area (Å²) in [7, 11) is -3.44. The molecule has 116 valence electrons. The molecule has 1 rings (SSSR count). The van der Waals surface area contributed by atoms with E-state index in [9.17, 15) is 8.42 Å². The predicted octanol–water partition coefficient (Wildman–Crippen LogP) is 1.19. The zero-order valence-corrected chi connectivity index (χ0v) is 13.7. The molecular formula is C13H26N4O2S. The third-order valence-electron chi connectivity index (χ3n) is 3.07. The maximum absolute atomic E-state index is 12.1. The van der Waals surface area contributed by atoms with Gasteiger partial charge < -0.3 is 5.32 Å². The van der Waals surface area contributed by atoms with E-state index in [0.717, 1.165) is 32.5 Å². The molecule has 0 saturated heterocycles. The molecule has 0 fully saturated rings. The minimum atomic E-state index is -3.44. The van der Waals surface area contributed by atoms with E-state index in [4.69, 9.17) is 0 Å². The van der Waals surface area contributed by atoms with Crippen LogP contribution in [0.4, 0.5) is 0 Å². The van der Waals surface area contributed by atoms with Gasteiger partial charge in [-0.05, 0) is 39.8 Å². The van der Waals surface area contributed by atoms with E-state index in [1.54, 1.807) is 18.5 Å². The van der Waals surface area contributed by atoms with Gasteiger partial charge in [0.25, 0.3) is 0 Å². The first-order chi connectivity index (χ1) is 9.44. The molecule has 0 aliphatic rings. The second kappa shape index (κ2) is 7.75. The lowest BCUT2D eigenvalue weighted by Gasteiger charge is -2.07. The first-order valence-corrected chi connectivity index (χ1v) is 8.66. The maximum atomic E-state index is 12.1. The van der Waals surface area contributed by atoms with E-state index < -0.39 is 10.0 Å². The highest BCUT2D eigenvalue weighted by Crippen LogP contribution is 2.19. The van der Waals surface area contributed by atoms with Crippen molar-refractivity contribution in [2.45, 2.75) is 52.0 Å². The van der Waals surface area contributed by atoms with Crippen molar-refractivity contribution in [3.05, 3.63) is 11.4 Å². The summed E-state index contributed by atoms with van der Waals surface area (Å²) in [4.78, 5) is 0.320. The van der Waals surface area contributed by atoms with Crippen LogP contribution in [0.15, 0.2) is 4.90 Å². The summed E-state index contributed by atoms with van der Waals surface area (Å²) < 4.78 is 28.6. The summed E-state index contributed by atoms with van der Waals surface area (Å²) in [6, 6.07) is 0. The summed E-state index contributed by atoms with van der Waals surface area (Å²) in [5.41, 5.74) is 1.27. The van der Waals surface area contributed by atoms with Crippen molar-refractivity contribution in [2.75, 3.05) is 19.6 Å². The molecule has 0 unspecified atom stereocenters. The van der Waals surface area contributed by atoms with Crippen LogP contribution < -0.4 is 10.0 Å². The fourth-order valence-electron chi connectivity index (χ4n) is 2.20. The van der Waals surface area contributed by atoms with Crippen LogP contribution in [0.2, 0.25) is 0 Å². The molecule has 0 spiro atoms. The summed E-state index contributed by atoms with van der Waals surface area (Å²) in [6.07, 6.45) is 2.05. The summed E-state index contributed by atoms with van der Waals surface area (Å²) in [5.74, 6) is 0. The quantitative estimate of drug-likeness (QED) is 0.672. The lowest BCUT2D eigenvalue weighted by Crippen LogP contribution is -2.24. The Hall–Kier alpha value is -0.920. The molecule has 7 heteroatoms. The fraction of sp³-hybridized carbons (Fsp3) is 0.769. The van der Waals surface area contributed by atoms with Crippen molar-refractivity contribution >= 4 is 10.0 Å². The van der Waals surface area contributed by atoms with Gasteiger partial charge in [0.15, 0.2) is 0 Å². The molecule has 0 aromatic carbocycles. The van der Waals surface area contributed by atoms with Crippen molar-refractivity contribution in [3.8, 4) is 0 Å². The van der Waals surface area contributed by atoms with Crippen LogP contribution in [-0.2, 0) is 16.6 Å². The molecule has 1 aromatic rings. The highest BCUT2D eigenvalue weighted by Gasteiger charge is 2.23. The second-order valence-electron chi connectivity index (χ2n) is 4.83. The minimum Gasteiger partial charge on any atom is -0.317 e. The summed E-state index contributed by atoms with van der Waals surface area (Å²) >= 11 is 0. The van der Waals surface area contributed by atoms with Crippen LogP contribution in [0.25, 0.3) is 0 Å². The number of hydrogen-bond acceptors (Lipinski definition) is 4. The third-order valence-corrected chi connectivity index (χ3v) is 4.87. The number of aromatic nitrogens is 2. The third kappa shape index (κ3) is 4.29. The molecule has 6 nitrogen and oxygen atoms in total. The van der Waals surface area contributed by atoms with Crippen molar-refractivity contribution in [1.29, 1.82) is 0 Å². The van der Waals surface area contributed by atoms with Gasteiger partial charge in [-0.2, -0.15) is 5.10 Å². The van der Waals surface area contributed by atoms with Crippen LogP contribution in [-0.4, -0.2) is 37.8 Å². The highest BCUT2D eigenvalue weighted by atomic mass is 32.2. The van der Waals surface area contributed by atoms with Crippen LogP contribution in [0.1, 0.15) is 38.1 Å². The normalized spacial score (nSPS) is 12.0. The Balaban J connectivity index is 2.77. The molecule has 0 aliphatic carbocycles. The van der Waals surface area contributed by atoms with Crippen molar-refractivity contribution in [3.63, 3.8) is 0 Å². The molecule has 20 heavy (non-hydrogen) atoms. The topological polar surface area (TPSA) is 76.0 Å². The van der Waals surface area contributed by atoms with Gasteiger partial charge in [-0.3, -0.25) is 4.68 Å². The first-order valence-electron chi connectivity index (χ1n) is 7.18. The van der Waals surface area contributed by atoms with E-state index in [0.29, 0.717) is 22.8 Å². The highest BCUT2D eigenvalue weighted by molar-refractivity contribution is 7.89. The van der Waals surface area contributed by atoms with Gasteiger partial charge in [-0.25, -0.2) is 13.1 Å². The maximum Gasteiger partial charge on any atom is 0.244 e. The predicted molar refractivity (Wildman–Crippen MR) is 80.3 cm³/mol. The van der Waals surface area contributed by atoms with E-state index in [2.05, 4.69) is 22.1 Å². The van der Waals surface area contributed by atoms with E-state index in [-0.39, 0.29) is 0 Å². The molecular weight excluding hydrogens is 276 g/mol. The molecule has 0 bridgehead atoms. The zero-order chi connectivity index (χ0) is 15.2. The van der Waals surface area contributed by atoms with Gasteiger partial charge in [0.05, 0.1) is 11.4 Å². The van der Waals surface area contributed by atoms with E-state index in [1.807, 2.05) is 6.92 Å². The monoisotopic (exact) mass is 302 g/mol. The average Bonchev–Trinajstić information content (AvgIpc) is 2.64. The Morgan fingerprint density at radius 2 is 1.90 bits per heavy atom. The number of sulfonamides is 1. The molecule has 1 aromatic heterocycles. The Labute approximate surface area is 122 Å². The van der Waals surface area contributed by atoms with Crippen LogP contribution in [0.3, 0.4) is 0 Å². The molecule has 0 saturated carbocycles. The summed E-state index contributed by atoms with van der Waals surface area (Å²) in [5, 5.41) is 7.67. The molecule has 0 amide bonds. The Morgan fingerprint density at radius 3 is 2.50 bits per heavy atom. The lowest BCUT2D eigenvalue weighted by molar-refractivity contribution is 0.530. The van der Waals surface area contributed by atoms with Crippen molar-refractivity contribution in [2.24, 2.45) is 0 Å². The van der Waals surface area contributed by atoms with Gasteiger partial charge >= 0.3 is 0 Å². The standard InChI is InChI=1S/C13H26N4O2S/c1-5-8-14-9-7-10-17-12(4)13(11(3)16-17)20(18,19)15-6-2/h14-15H,5-10H2,1-4H3. The van der Waals surface area contributed by atoms with Gasteiger partial charge in [0, 0.05) is 13.1 Å². The molecule has 0 atom stereocenters. The molecule has 1 heterocycles. The van der Waals surface area contributed by atoms with E-state index in [1.165, 1.54) is 0 Å². The van der Waals surface area contributed by atoms with Crippen molar-refractivity contribution in [1.82, 2.24) is 19.8 Å². The molecule has 0 radical (unpaired) electrons. The first kappa shape index (κ1) is 17.1. The van der Waals surface area contributed by atoms with Crippen LogP contribution in [0.5, 0.6) is 0 Å². The largest absolute Gasteiger partial charge is 0.317 e. The lowest BCUT2D eigenvalue weighted by atomic mass is 10.3. The fourth-order valence-corrected chi connectivity index (χ4v) is 3.65. The number of nitrogens with one attached hydrogen (secondary N) is 2. The smallest absolute Gasteiger partial charge is 0.244 e. The summed E-state index contributed by atoms with van der Waals surface area (Å²) in [6.45, 7) is 10.5. The van der Waals surface area contributed by atoms with Gasteiger partial charge in [-0.1, -0.05) is 13.8 Å². The SMILES string of the molecule is CCCNCCCn1nc(C)c(S(=O)(=O)NCC)c1C. The van der Waals surface area contributed by atoms with Gasteiger partial charge in [-0.15, -0.1) is 0 Å². The van der Waals surface area contributed by atoms with E-state index >= 15 is 0 Å². The Kier molecular flexibility index (Phi) is 6.64. The van der Waals surface area contributed by atoms with Crippen LogP contribution >= 0.6 is 0 Å². The van der Waals surface area contributed by atoms with Gasteiger partial charge in [0.1, 0.15) is 4.90 Å². The average molecular weight is 302 g/mol. The molecule has 2 N–H and O–H groups in total. The zero-order valence-electron chi connectivity index (χ0n) is 12.9. The number of aryl methyl sites for hydroxylation is 2. The Morgan fingerprint density at radius 1 is 1.20 bits per heavy atom. The number of rotatable bonds is 9.